The van der Waals surface area contributed by atoms with E-state index in [1.165, 1.54) is 28.2 Å². The first-order chi connectivity index (χ1) is 23.6. The number of aliphatic hydroxyl groups is 1. The summed E-state index contributed by atoms with van der Waals surface area (Å²) in [6, 6.07) is 25.3. The summed E-state index contributed by atoms with van der Waals surface area (Å²) < 4.78 is 0. The average molecular weight is 882 g/mol. The topological polar surface area (TPSA) is 63.1 Å². The SMILES string of the molecule is CC(C)C(C(=O)/C=C(\O)C(C(C)C)C(C)C)C(C)C.Cc1nnc(-c2[c-]c3ccccc3c(C(C)(C)C)c2)cc1-c1ccc(CC(C)(C)C)cc1.[Ir]. The van der Waals surface area contributed by atoms with Gasteiger partial charge in [0.15, 0.2) is 5.78 Å². The number of ketones is 1. The fourth-order valence-electron chi connectivity index (χ4n) is 7.50. The molecule has 285 valence electrons. The van der Waals surface area contributed by atoms with Gasteiger partial charge in [0.2, 0.25) is 0 Å². The predicted molar refractivity (Wildman–Crippen MR) is 218 cm³/mol. The first-order valence-electron chi connectivity index (χ1n) is 18.9. The third-order valence-electron chi connectivity index (χ3n) is 9.67. The van der Waals surface area contributed by atoms with Crippen molar-refractivity contribution in [1.29, 1.82) is 0 Å². The van der Waals surface area contributed by atoms with Gasteiger partial charge in [-0.2, -0.15) is 10.2 Å². The van der Waals surface area contributed by atoms with Crippen LogP contribution in [0.3, 0.4) is 0 Å². The van der Waals surface area contributed by atoms with Gasteiger partial charge in [0.25, 0.3) is 0 Å². The van der Waals surface area contributed by atoms with Gasteiger partial charge in [-0.25, -0.2) is 0 Å². The fraction of sp³-hybridized carbons (Fsp3) is 0.511. The third-order valence-corrected chi connectivity index (χ3v) is 9.67. The number of aryl methyl sites for hydroxylation is 1. The van der Waals surface area contributed by atoms with Crippen LogP contribution in [0.5, 0.6) is 0 Å². The molecule has 0 saturated heterocycles. The molecule has 5 heteroatoms. The number of nitrogens with zero attached hydrogens (tertiary/aromatic N) is 2. The van der Waals surface area contributed by atoms with Crippen LogP contribution in [0.15, 0.2) is 72.5 Å². The molecule has 0 unspecified atom stereocenters. The van der Waals surface area contributed by atoms with Crippen LogP contribution in [-0.4, -0.2) is 21.1 Å². The largest absolute Gasteiger partial charge is 0.512 e. The first kappa shape index (κ1) is 45.0. The van der Waals surface area contributed by atoms with Crippen LogP contribution in [0.25, 0.3) is 33.2 Å². The molecule has 1 radical (unpaired) electrons. The van der Waals surface area contributed by atoms with Crippen LogP contribution < -0.4 is 0 Å². The summed E-state index contributed by atoms with van der Waals surface area (Å²) in [6.45, 7) is 32.2. The zero-order valence-electron chi connectivity index (χ0n) is 34.6. The van der Waals surface area contributed by atoms with Crippen LogP contribution in [0.1, 0.15) is 114 Å². The minimum atomic E-state index is -0.0119. The van der Waals surface area contributed by atoms with Crippen molar-refractivity contribution in [2.75, 3.05) is 0 Å². The third kappa shape index (κ3) is 12.2. The van der Waals surface area contributed by atoms with Crippen LogP contribution in [-0.2, 0) is 36.7 Å². The first-order valence-corrected chi connectivity index (χ1v) is 18.9. The molecule has 1 N–H and O–H groups in total. The van der Waals surface area contributed by atoms with Crippen molar-refractivity contribution < 1.29 is 30.0 Å². The molecule has 0 bridgehead atoms. The Hall–Kier alpha value is -3.14. The fourth-order valence-corrected chi connectivity index (χ4v) is 7.50. The van der Waals surface area contributed by atoms with Crippen LogP contribution >= 0.6 is 0 Å². The molecule has 0 atom stereocenters. The molecule has 0 amide bonds. The number of aliphatic hydroxyl groups excluding tert-OH is 1. The Labute approximate surface area is 329 Å². The Balaban J connectivity index is 0.000000406. The number of hydrogen-bond donors (Lipinski definition) is 1. The van der Waals surface area contributed by atoms with Crippen molar-refractivity contribution in [3.63, 3.8) is 0 Å². The van der Waals surface area contributed by atoms with E-state index in [9.17, 15) is 9.90 Å². The molecule has 1 heterocycles. The maximum atomic E-state index is 12.3. The summed E-state index contributed by atoms with van der Waals surface area (Å²) in [4.78, 5) is 12.3. The Morgan fingerprint density at radius 3 is 1.81 bits per heavy atom. The number of carbonyl (C=O) groups excluding carboxylic acids is 1. The number of aromatic nitrogens is 2. The van der Waals surface area contributed by atoms with Gasteiger partial charge in [0.1, 0.15) is 0 Å². The Morgan fingerprint density at radius 1 is 0.769 bits per heavy atom. The van der Waals surface area contributed by atoms with Gasteiger partial charge in [-0.1, -0.05) is 156 Å². The number of benzene rings is 3. The molecule has 1 aromatic heterocycles. The monoisotopic (exact) mass is 882 g/mol. The second-order valence-corrected chi connectivity index (χ2v) is 18.1. The summed E-state index contributed by atoms with van der Waals surface area (Å²) in [7, 11) is 0. The summed E-state index contributed by atoms with van der Waals surface area (Å²) in [5.41, 5.74) is 8.05. The Kier molecular flexibility index (Phi) is 16.2. The number of carbonyl (C=O) groups is 1. The molecular weight excluding hydrogens is 817 g/mol. The van der Waals surface area contributed by atoms with E-state index < -0.39 is 0 Å². The number of allylic oxidation sites excluding steroid dienone is 2. The van der Waals surface area contributed by atoms with Gasteiger partial charge in [-0.05, 0) is 64.5 Å². The molecule has 3 aromatic carbocycles. The van der Waals surface area contributed by atoms with Crippen molar-refractivity contribution in [3.8, 4) is 22.4 Å². The summed E-state index contributed by atoms with van der Waals surface area (Å²) >= 11 is 0. The van der Waals surface area contributed by atoms with Crippen molar-refractivity contribution >= 4 is 16.6 Å². The molecule has 4 aromatic rings. The normalized spacial score (nSPS) is 12.6. The minimum absolute atomic E-state index is 0. The van der Waals surface area contributed by atoms with Crippen molar-refractivity contribution in [1.82, 2.24) is 10.2 Å². The molecule has 52 heavy (non-hydrogen) atoms. The number of rotatable bonds is 10. The van der Waals surface area contributed by atoms with Crippen LogP contribution in [0.4, 0.5) is 0 Å². The zero-order valence-corrected chi connectivity index (χ0v) is 37.0. The van der Waals surface area contributed by atoms with Gasteiger partial charge in [-0.3, -0.25) is 4.79 Å². The van der Waals surface area contributed by atoms with Gasteiger partial charge in [-0.15, -0.1) is 29.1 Å². The van der Waals surface area contributed by atoms with Gasteiger partial charge in [0.05, 0.1) is 11.5 Å². The summed E-state index contributed by atoms with van der Waals surface area (Å²) in [5.74, 6) is 1.63. The Morgan fingerprint density at radius 2 is 1.31 bits per heavy atom. The molecule has 0 aliphatic heterocycles. The number of fused-ring (bicyclic) bond motifs is 1. The predicted octanol–water partition coefficient (Wildman–Crippen LogP) is 12.8. The second-order valence-electron chi connectivity index (χ2n) is 18.1. The molecule has 0 aliphatic carbocycles. The summed E-state index contributed by atoms with van der Waals surface area (Å²) in [6.07, 6.45) is 2.54. The van der Waals surface area contributed by atoms with Crippen LogP contribution in [0.2, 0.25) is 0 Å². The van der Waals surface area contributed by atoms with E-state index in [0.717, 1.165) is 34.3 Å². The van der Waals surface area contributed by atoms with Crippen molar-refractivity contribution in [3.05, 3.63) is 95.4 Å². The quantitative estimate of drug-likeness (QED) is 0.0979. The van der Waals surface area contributed by atoms with Gasteiger partial charge >= 0.3 is 0 Å². The smallest absolute Gasteiger partial charge is 0.162 e. The van der Waals surface area contributed by atoms with Gasteiger partial charge in [0, 0.05) is 43.7 Å². The molecule has 0 aliphatic rings. The van der Waals surface area contributed by atoms with Crippen LogP contribution in [0, 0.1) is 53.9 Å². The second kappa shape index (κ2) is 18.8. The maximum absolute atomic E-state index is 12.3. The molecule has 0 spiro atoms. The molecular formula is C47H65IrN2O2-. The van der Waals surface area contributed by atoms with E-state index in [1.807, 2.05) is 6.92 Å². The van der Waals surface area contributed by atoms with E-state index in [1.54, 1.807) is 0 Å². The number of hydrogen-bond acceptors (Lipinski definition) is 4. The van der Waals surface area contributed by atoms with E-state index in [-0.39, 0.29) is 54.3 Å². The molecule has 0 saturated carbocycles. The van der Waals surface area contributed by atoms with Gasteiger partial charge < -0.3 is 5.11 Å². The average Bonchev–Trinajstić information content (AvgIpc) is 2.99. The maximum Gasteiger partial charge on any atom is 0.162 e. The molecule has 4 nitrogen and oxygen atoms in total. The van der Waals surface area contributed by atoms with Crippen molar-refractivity contribution in [2.24, 2.45) is 40.9 Å². The zero-order chi connectivity index (χ0) is 38.4. The minimum Gasteiger partial charge on any atom is -0.512 e. The Bertz CT molecular complexity index is 1770. The van der Waals surface area contributed by atoms with E-state index >= 15 is 0 Å². The summed E-state index contributed by atoms with van der Waals surface area (Å²) in [5, 5.41) is 21.7. The molecule has 4 rings (SSSR count). The van der Waals surface area contributed by atoms with Crippen molar-refractivity contribution in [2.45, 2.75) is 116 Å². The standard InChI is InChI=1S/C30H33N2.C17H32O2.Ir/c1-20-26(22-14-12-21(13-15-22)19-29(2,3)4)18-28(32-31-20)24-16-23-10-8-9-11-25(23)27(17-24)30(5,6)7;1-10(2)16(11(3)4)14(18)9-15(19)17(12(5)6)13(7)8;/h8-15,17-18H,19H2,1-7H3;9-13,16-18H,1-8H3;/q-1;;/b;14-9-;. The molecule has 0 fully saturated rings. The van der Waals surface area contributed by atoms with E-state index in [0.29, 0.717) is 23.7 Å². The van der Waals surface area contributed by atoms with E-state index in [4.69, 9.17) is 0 Å². The van der Waals surface area contributed by atoms with E-state index in [2.05, 4.69) is 174 Å².